The summed E-state index contributed by atoms with van der Waals surface area (Å²) in [4.78, 5) is 11.9. The molecule has 3 unspecified atom stereocenters. The normalized spacial score (nSPS) is 21.8. The summed E-state index contributed by atoms with van der Waals surface area (Å²) in [7, 11) is -2.12. The van der Waals surface area contributed by atoms with E-state index in [1.807, 2.05) is 44.2 Å². The maximum Gasteiger partial charge on any atom is 0.163 e. The third kappa shape index (κ3) is 8.40. The number of benzene rings is 1. The average molecular weight is 384 g/mol. The molecule has 148 valence electrons. The van der Waals surface area contributed by atoms with Crippen LogP contribution in [0.2, 0.25) is 0 Å². The van der Waals surface area contributed by atoms with E-state index in [-0.39, 0.29) is 18.8 Å². The molecule has 7 heteroatoms. The molecule has 3 atom stereocenters. The molecule has 0 bridgehead atoms. The number of nitrogens with one attached hydrogen (secondary N) is 1. The van der Waals surface area contributed by atoms with Crippen molar-refractivity contribution < 1.29 is 23.4 Å². The zero-order valence-electron chi connectivity index (χ0n) is 16.1. The molecule has 0 radical (unpaired) electrons. The standard InChI is InChI=1S/C19H31NO5P/c1-15(2)20-17(12-18-14-22-19(3,4)25-18)10-11-23-26(21)24-13-16-8-6-5-7-9-16/h5-9,15,17-18,20H,10-14H2,1-4H3/q-1. The number of hydrogen-bond donors (Lipinski definition) is 1. The number of rotatable bonds is 11. The Morgan fingerprint density at radius 2 is 2.00 bits per heavy atom. The van der Waals surface area contributed by atoms with Crippen LogP contribution in [0.4, 0.5) is 0 Å². The second-order valence-electron chi connectivity index (χ2n) is 7.31. The largest absolute Gasteiger partial charge is 0.786 e. The van der Waals surface area contributed by atoms with Gasteiger partial charge < -0.3 is 28.7 Å². The van der Waals surface area contributed by atoms with Crippen LogP contribution < -0.4 is 10.2 Å². The quantitative estimate of drug-likeness (QED) is 0.591. The van der Waals surface area contributed by atoms with Crippen molar-refractivity contribution in [2.45, 2.75) is 71.1 Å². The lowest BCUT2D eigenvalue weighted by Gasteiger charge is -2.27. The van der Waals surface area contributed by atoms with Gasteiger partial charge in [-0.3, -0.25) is 0 Å². The summed E-state index contributed by atoms with van der Waals surface area (Å²) < 4.78 is 22.1. The van der Waals surface area contributed by atoms with Gasteiger partial charge in [0.15, 0.2) is 5.79 Å². The van der Waals surface area contributed by atoms with E-state index in [9.17, 15) is 4.89 Å². The first kappa shape index (κ1) is 21.7. The van der Waals surface area contributed by atoms with E-state index < -0.39 is 14.4 Å². The molecule has 0 aliphatic carbocycles. The Bertz CT molecular complexity index is 514. The molecule has 1 N–H and O–H groups in total. The monoisotopic (exact) mass is 384 g/mol. The molecule has 0 amide bonds. The van der Waals surface area contributed by atoms with Gasteiger partial charge in [-0.05, 0) is 32.3 Å². The van der Waals surface area contributed by atoms with Crippen LogP contribution in [-0.2, 0) is 25.1 Å². The summed E-state index contributed by atoms with van der Waals surface area (Å²) in [5.41, 5.74) is 0.972. The van der Waals surface area contributed by atoms with Crippen LogP contribution in [0.3, 0.4) is 0 Å². The van der Waals surface area contributed by atoms with Crippen molar-refractivity contribution in [3.05, 3.63) is 35.9 Å². The molecular formula is C19H31NO5P-. The highest BCUT2D eigenvalue weighted by Gasteiger charge is 2.33. The third-order valence-electron chi connectivity index (χ3n) is 4.03. The van der Waals surface area contributed by atoms with E-state index in [1.54, 1.807) is 0 Å². The lowest BCUT2D eigenvalue weighted by Crippen LogP contribution is -2.39. The molecule has 0 saturated carbocycles. The van der Waals surface area contributed by atoms with Crippen LogP contribution in [0.5, 0.6) is 0 Å². The Morgan fingerprint density at radius 3 is 2.62 bits per heavy atom. The van der Waals surface area contributed by atoms with Crippen molar-refractivity contribution in [2.75, 3.05) is 13.2 Å². The molecule has 1 aromatic carbocycles. The zero-order chi connectivity index (χ0) is 19.0. The molecule has 0 spiro atoms. The van der Waals surface area contributed by atoms with E-state index in [1.165, 1.54) is 0 Å². The minimum atomic E-state index is -2.12. The van der Waals surface area contributed by atoms with Crippen LogP contribution in [0.15, 0.2) is 30.3 Å². The van der Waals surface area contributed by atoms with Gasteiger partial charge in [0, 0.05) is 12.1 Å². The van der Waals surface area contributed by atoms with Gasteiger partial charge in [0.25, 0.3) is 0 Å². The van der Waals surface area contributed by atoms with Crippen molar-refractivity contribution in [3.8, 4) is 0 Å². The highest BCUT2D eigenvalue weighted by Crippen LogP contribution is 2.30. The highest BCUT2D eigenvalue weighted by atomic mass is 31.2. The Morgan fingerprint density at radius 1 is 1.27 bits per heavy atom. The van der Waals surface area contributed by atoms with Crippen LogP contribution >= 0.6 is 8.60 Å². The van der Waals surface area contributed by atoms with E-state index in [4.69, 9.17) is 18.5 Å². The summed E-state index contributed by atoms with van der Waals surface area (Å²) in [6.45, 7) is 9.31. The molecule has 2 rings (SSSR count). The van der Waals surface area contributed by atoms with Crippen LogP contribution in [0, 0.1) is 0 Å². The molecule has 6 nitrogen and oxygen atoms in total. The van der Waals surface area contributed by atoms with Crippen LogP contribution in [-0.4, -0.2) is 37.2 Å². The van der Waals surface area contributed by atoms with Gasteiger partial charge in [-0.15, -0.1) is 0 Å². The van der Waals surface area contributed by atoms with Gasteiger partial charge in [0.2, 0.25) is 0 Å². The van der Waals surface area contributed by atoms with Gasteiger partial charge in [0.05, 0.1) is 34.5 Å². The number of hydrogen-bond acceptors (Lipinski definition) is 6. The highest BCUT2D eigenvalue weighted by molar-refractivity contribution is 7.38. The Balaban J connectivity index is 1.69. The van der Waals surface area contributed by atoms with Crippen molar-refractivity contribution >= 4 is 8.60 Å². The molecule has 26 heavy (non-hydrogen) atoms. The zero-order valence-corrected chi connectivity index (χ0v) is 17.0. The van der Waals surface area contributed by atoms with Crippen LogP contribution in [0.25, 0.3) is 0 Å². The molecule has 1 heterocycles. The first-order chi connectivity index (χ1) is 12.3. The van der Waals surface area contributed by atoms with E-state index in [0.29, 0.717) is 19.3 Å². The minimum Gasteiger partial charge on any atom is -0.786 e. The summed E-state index contributed by atoms with van der Waals surface area (Å²) in [5, 5.41) is 3.51. The lowest BCUT2D eigenvalue weighted by atomic mass is 10.1. The number of ether oxygens (including phenoxy) is 2. The molecule has 0 aromatic heterocycles. The molecule has 1 fully saturated rings. The fourth-order valence-electron chi connectivity index (χ4n) is 2.95. The maximum absolute atomic E-state index is 11.9. The molecule has 1 aromatic rings. The van der Waals surface area contributed by atoms with Crippen molar-refractivity contribution in [1.82, 2.24) is 5.32 Å². The Labute approximate surface area is 158 Å². The Kier molecular flexibility index (Phi) is 8.91. The van der Waals surface area contributed by atoms with Gasteiger partial charge >= 0.3 is 0 Å². The molecule has 1 aliphatic rings. The molecule has 1 aliphatic heterocycles. The second kappa shape index (κ2) is 10.7. The van der Waals surface area contributed by atoms with Crippen molar-refractivity contribution in [3.63, 3.8) is 0 Å². The predicted octanol–water partition coefficient (Wildman–Crippen LogP) is 3.11. The predicted molar refractivity (Wildman–Crippen MR) is 100 cm³/mol. The second-order valence-corrected chi connectivity index (χ2v) is 8.27. The summed E-state index contributed by atoms with van der Waals surface area (Å²) in [6, 6.07) is 10.2. The van der Waals surface area contributed by atoms with Gasteiger partial charge in [-0.2, -0.15) is 0 Å². The van der Waals surface area contributed by atoms with E-state index >= 15 is 0 Å². The summed E-state index contributed by atoms with van der Waals surface area (Å²) in [6.07, 6.45) is 1.62. The third-order valence-corrected chi connectivity index (χ3v) is 4.76. The Hall–Kier alpha value is -0.590. The van der Waals surface area contributed by atoms with Gasteiger partial charge in [-0.1, -0.05) is 44.2 Å². The van der Waals surface area contributed by atoms with E-state index in [2.05, 4.69) is 19.2 Å². The topological polar surface area (TPSA) is 72.0 Å². The minimum absolute atomic E-state index is 0.0596. The van der Waals surface area contributed by atoms with Crippen LogP contribution in [0.1, 0.15) is 46.1 Å². The van der Waals surface area contributed by atoms with Crippen molar-refractivity contribution in [1.29, 1.82) is 0 Å². The first-order valence-corrected chi connectivity index (χ1v) is 10.3. The van der Waals surface area contributed by atoms with Gasteiger partial charge in [-0.25, -0.2) is 0 Å². The molecule has 1 saturated heterocycles. The SMILES string of the molecule is CC(C)NC(CCOP([O-])OCc1ccccc1)CC1COC(C)(C)O1. The summed E-state index contributed by atoms with van der Waals surface area (Å²) in [5.74, 6) is -0.516. The average Bonchev–Trinajstić information content (AvgIpc) is 2.92. The van der Waals surface area contributed by atoms with E-state index in [0.717, 1.165) is 18.4 Å². The van der Waals surface area contributed by atoms with Crippen molar-refractivity contribution in [2.24, 2.45) is 0 Å². The fraction of sp³-hybridized carbons (Fsp3) is 0.684. The molecular weight excluding hydrogens is 353 g/mol. The first-order valence-electron chi connectivity index (χ1n) is 9.19. The smallest absolute Gasteiger partial charge is 0.163 e. The van der Waals surface area contributed by atoms with Gasteiger partial charge in [0.1, 0.15) is 0 Å². The maximum atomic E-state index is 11.9. The summed E-state index contributed by atoms with van der Waals surface area (Å²) >= 11 is 0. The fourth-order valence-corrected chi connectivity index (χ4v) is 3.53. The lowest BCUT2D eigenvalue weighted by molar-refractivity contribution is -0.205.